The number of nitro benzene ring substituents is 1. The average Bonchev–Trinajstić information content (AvgIpc) is 2.78. The fourth-order valence-corrected chi connectivity index (χ4v) is 1.40. The van der Waals surface area contributed by atoms with Gasteiger partial charge in [-0.3, -0.25) is 19.6 Å². The highest BCUT2D eigenvalue weighted by Crippen LogP contribution is 2.25. The highest BCUT2D eigenvalue weighted by Gasteiger charge is 2.18. The van der Waals surface area contributed by atoms with Gasteiger partial charge in [-0.2, -0.15) is 0 Å². The topological polar surface area (TPSA) is 103 Å². The Balaban J connectivity index is 2.28. The summed E-state index contributed by atoms with van der Waals surface area (Å²) in [6.45, 7) is 0. The molecule has 0 spiro atoms. The molecule has 0 aliphatic rings. The van der Waals surface area contributed by atoms with Crippen molar-refractivity contribution in [1.82, 2.24) is 15.0 Å². The van der Waals surface area contributed by atoms with Gasteiger partial charge in [0.15, 0.2) is 5.69 Å². The minimum atomic E-state index is -0.782. The Hall–Kier alpha value is -2.84. The molecule has 8 nitrogen and oxygen atoms in total. The highest BCUT2D eigenvalue weighted by molar-refractivity contribution is 6.03. The lowest BCUT2D eigenvalue weighted by Gasteiger charge is -2.03. The Kier molecular flexibility index (Phi) is 3.19. The molecule has 1 aromatic heterocycles. The largest absolute Gasteiger partial charge is 0.315 e. The summed E-state index contributed by atoms with van der Waals surface area (Å²) < 4.78 is 14.2. The summed E-state index contributed by atoms with van der Waals surface area (Å²) in [6, 6.07) is 2.85. The van der Waals surface area contributed by atoms with E-state index in [2.05, 4.69) is 15.6 Å². The van der Waals surface area contributed by atoms with Crippen molar-refractivity contribution in [2.75, 3.05) is 5.32 Å². The van der Waals surface area contributed by atoms with E-state index in [1.54, 1.807) is 7.05 Å². The van der Waals surface area contributed by atoms with E-state index in [9.17, 15) is 19.3 Å². The molecule has 2 aromatic rings. The summed E-state index contributed by atoms with van der Waals surface area (Å²) in [5.74, 6) is -1.42. The molecule has 1 amide bonds. The molecular formula is C10H8FN5O3. The molecule has 1 aromatic carbocycles. The zero-order valence-corrected chi connectivity index (χ0v) is 9.70. The van der Waals surface area contributed by atoms with Gasteiger partial charge in [0.1, 0.15) is 11.5 Å². The van der Waals surface area contributed by atoms with E-state index in [0.29, 0.717) is 0 Å². The van der Waals surface area contributed by atoms with Gasteiger partial charge in [0, 0.05) is 7.05 Å². The van der Waals surface area contributed by atoms with Crippen molar-refractivity contribution in [2.45, 2.75) is 0 Å². The summed E-state index contributed by atoms with van der Waals surface area (Å²) in [5.41, 5.74) is -0.639. The summed E-state index contributed by atoms with van der Waals surface area (Å²) in [7, 11) is 1.57. The van der Waals surface area contributed by atoms with Crippen LogP contribution in [-0.2, 0) is 7.05 Å². The van der Waals surface area contributed by atoms with Crippen LogP contribution in [0.25, 0.3) is 0 Å². The zero-order chi connectivity index (χ0) is 14.0. The summed E-state index contributed by atoms with van der Waals surface area (Å²) >= 11 is 0. The van der Waals surface area contributed by atoms with Gasteiger partial charge in [-0.15, -0.1) is 5.10 Å². The molecule has 0 radical (unpaired) electrons. The monoisotopic (exact) mass is 265 g/mol. The van der Waals surface area contributed by atoms with Gasteiger partial charge < -0.3 is 5.32 Å². The molecule has 0 aliphatic carbocycles. The van der Waals surface area contributed by atoms with Gasteiger partial charge in [0.25, 0.3) is 11.6 Å². The number of hydrogen-bond donors (Lipinski definition) is 1. The first-order valence-electron chi connectivity index (χ1n) is 5.09. The SMILES string of the molecule is Cn1cc(C(=O)Nc2ccc(F)cc2[N+](=O)[O-])nn1. The first-order chi connectivity index (χ1) is 8.97. The lowest BCUT2D eigenvalue weighted by molar-refractivity contribution is -0.384. The second kappa shape index (κ2) is 4.80. The second-order valence-electron chi connectivity index (χ2n) is 3.65. The Bertz CT molecular complexity index is 654. The van der Waals surface area contributed by atoms with Gasteiger partial charge in [0.2, 0.25) is 0 Å². The minimum Gasteiger partial charge on any atom is -0.315 e. The van der Waals surface area contributed by atoms with Gasteiger partial charge in [-0.1, -0.05) is 5.21 Å². The van der Waals surface area contributed by atoms with Crippen LogP contribution >= 0.6 is 0 Å². The quantitative estimate of drug-likeness (QED) is 0.661. The van der Waals surface area contributed by atoms with E-state index < -0.39 is 22.3 Å². The second-order valence-corrected chi connectivity index (χ2v) is 3.65. The fraction of sp³-hybridized carbons (Fsp3) is 0.100. The minimum absolute atomic E-state index is 0.00104. The standard InChI is InChI=1S/C10H8FN5O3/c1-15-5-8(13-14-15)10(17)12-7-3-2-6(11)4-9(7)16(18)19/h2-5H,1H3,(H,12,17). The molecule has 2 rings (SSSR count). The predicted octanol–water partition coefficient (Wildman–Crippen LogP) is 1.11. The number of hydrogen-bond acceptors (Lipinski definition) is 5. The van der Waals surface area contributed by atoms with Crippen LogP contribution in [0, 0.1) is 15.9 Å². The van der Waals surface area contributed by atoms with Gasteiger partial charge >= 0.3 is 0 Å². The van der Waals surface area contributed by atoms with Crippen LogP contribution in [0.2, 0.25) is 0 Å². The molecule has 19 heavy (non-hydrogen) atoms. The van der Waals surface area contributed by atoms with Crippen LogP contribution in [0.3, 0.4) is 0 Å². The number of aromatic nitrogens is 3. The normalized spacial score (nSPS) is 10.2. The molecule has 0 aliphatic heterocycles. The maximum absolute atomic E-state index is 12.9. The Morgan fingerprint density at radius 3 is 2.84 bits per heavy atom. The van der Waals surface area contributed by atoms with Crippen LogP contribution in [0.1, 0.15) is 10.5 Å². The summed E-state index contributed by atoms with van der Waals surface area (Å²) in [6.07, 6.45) is 1.35. The molecule has 98 valence electrons. The summed E-state index contributed by atoms with van der Waals surface area (Å²) in [4.78, 5) is 21.7. The van der Waals surface area contributed by atoms with Crippen LogP contribution in [0.15, 0.2) is 24.4 Å². The van der Waals surface area contributed by atoms with Crippen molar-refractivity contribution in [3.05, 3.63) is 46.0 Å². The molecule has 0 unspecified atom stereocenters. The Morgan fingerprint density at radius 2 is 2.26 bits per heavy atom. The van der Waals surface area contributed by atoms with E-state index in [4.69, 9.17) is 0 Å². The van der Waals surface area contributed by atoms with Gasteiger partial charge in [-0.25, -0.2) is 4.39 Å². The number of anilines is 1. The highest BCUT2D eigenvalue weighted by atomic mass is 19.1. The first kappa shape index (κ1) is 12.6. The number of benzene rings is 1. The number of aryl methyl sites for hydroxylation is 1. The maximum atomic E-state index is 12.9. The lowest BCUT2D eigenvalue weighted by atomic mass is 10.2. The van der Waals surface area contributed by atoms with E-state index in [0.717, 1.165) is 18.2 Å². The molecular weight excluding hydrogens is 257 g/mol. The van der Waals surface area contributed by atoms with Crippen molar-refractivity contribution < 1.29 is 14.1 Å². The molecule has 0 saturated heterocycles. The van der Waals surface area contributed by atoms with E-state index >= 15 is 0 Å². The zero-order valence-electron chi connectivity index (χ0n) is 9.70. The van der Waals surface area contributed by atoms with Gasteiger partial charge in [-0.05, 0) is 12.1 Å². The van der Waals surface area contributed by atoms with Crippen LogP contribution in [0.4, 0.5) is 15.8 Å². The van der Waals surface area contributed by atoms with E-state index in [1.165, 1.54) is 10.9 Å². The fourth-order valence-electron chi connectivity index (χ4n) is 1.40. The molecule has 1 heterocycles. The summed E-state index contributed by atoms with van der Waals surface area (Å²) in [5, 5.41) is 20.2. The number of nitrogens with one attached hydrogen (secondary N) is 1. The van der Waals surface area contributed by atoms with Crippen molar-refractivity contribution >= 4 is 17.3 Å². The molecule has 1 N–H and O–H groups in total. The Morgan fingerprint density at radius 1 is 1.53 bits per heavy atom. The molecule has 0 atom stereocenters. The number of rotatable bonds is 3. The van der Waals surface area contributed by atoms with E-state index in [-0.39, 0.29) is 11.4 Å². The molecule has 0 fully saturated rings. The maximum Gasteiger partial charge on any atom is 0.295 e. The first-order valence-corrected chi connectivity index (χ1v) is 5.09. The van der Waals surface area contributed by atoms with Crippen LogP contribution in [0.5, 0.6) is 0 Å². The van der Waals surface area contributed by atoms with Crippen LogP contribution < -0.4 is 5.32 Å². The third-order valence-corrected chi connectivity index (χ3v) is 2.24. The number of carbonyl (C=O) groups excluding carboxylic acids is 1. The number of nitrogens with zero attached hydrogens (tertiary/aromatic N) is 4. The molecule has 9 heteroatoms. The Labute approximate surface area is 106 Å². The average molecular weight is 265 g/mol. The number of carbonyl (C=O) groups is 1. The molecule has 0 bridgehead atoms. The predicted molar refractivity (Wildman–Crippen MR) is 62.0 cm³/mol. The number of amides is 1. The van der Waals surface area contributed by atoms with Crippen LogP contribution in [-0.4, -0.2) is 25.8 Å². The number of halogens is 1. The smallest absolute Gasteiger partial charge is 0.295 e. The third kappa shape index (κ3) is 2.70. The van der Waals surface area contributed by atoms with Crippen molar-refractivity contribution in [2.24, 2.45) is 7.05 Å². The third-order valence-electron chi connectivity index (χ3n) is 2.24. The van der Waals surface area contributed by atoms with Gasteiger partial charge in [0.05, 0.1) is 17.2 Å². The van der Waals surface area contributed by atoms with Crippen molar-refractivity contribution in [1.29, 1.82) is 0 Å². The van der Waals surface area contributed by atoms with E-state index in [1.807, 2.05) is 0 Å². The number of nitro groups is 1. The van der Waals surface area contributed by atoms with Crippen molar-refractivity contribution in [3.63, 3.8) is 0 Å². The molecule has 0 saturated carbocycles. The lowest BCUT2D eigenvalue weighted by Crippen LogP contribution is -2.13. The van der Waals surface area contributed by atoms with Crippen molar-refractivity contribution in [3.8, 4) is 0 Å².